The van der Waals surface area contributed by atoms with Crippen molar-refractivity contribution in [1.82, 2.24) is 0 Å². The highest BCUT2D eigenvalue weighted by molar-refractivity contribution is 5.33. The third kappa shape index (κ3) is 11.9. The van der Waals surface area contributed by atoms with E-state index in [1.54, 1.807) is 0 Å². The number of rotatable bonds is 8. The monoisotopic (exact) mass is 465 g/mol. The van der Waals surface area contributed by atoms with Crippen LogP contribution in [-0.4, -0.2) is 25.7 Å². The smallest absolute Gasteiger partial charge is 0.416 e. The van der Waals surface area contributed by atoms with Gasteiger partial charge in [0.2, 0.25) is 0 Å². The van der Waals surface area contributed by atoms with Gasteiger partial charge in [-0.2, -0.15) is 26.3 Å². The van der Waals surface area contributed by atoms with E-state index in [1.807, 2.05) is 5.32 Å². The maximum atomic E-state index is 12.8. The first kappa shape index (κ1) is 31.3. The summed E-state index contributed by atoms with van der Waals surface area (Å²) >= 11 is 0. The summed E-state index contributed by atoms with van der Waals surface area (Å²) < 4.78 is 76.6. The van der Waals surface area contributed by atoms with Gasteiger partial charge in [-0.15, -0.1) is 0 Å². The van der Waals surface area contributed by atoms with Crippen LogP contribution < -0.4 is 54.0 Å². The summed E-state index contributed by atoms with van der Waals surface area (Å²) in [5.41, 5.74) is 5.19. The lowest BCUT2D eigenvalue weighted by Gasteiger charge is -2.14. The molecular formula is C15H24Cl3F6N3. The molecule has 162 valence electrons. The molecule has 0 amide bonds. The van der Waals surface area contributed by atoms with Crippen LogP contribution in [0.3, 0.4) is 0 Å². The van der Waals surface area contributed by atoms with E-state index in [0.717, 1.165) is 31.5 Å². The summed E-state index contributed by atoms with van der Waals surface area (Å²) in [4.78, 5) is 0. The van der Waals surface area contributed by atoms with Gasteiger partial charge in [-0.05, 0) is 23.8 Å². The van der Waals surface area contributed by atoms with Crippen molar-refractivity contribution in [3.63, 3.8) is 0 Å². The molecule has 1 aromatic rings. The van der Waals surface area contributed by atoms with Gasteiger partial charge in [-0.25, -0.2) is 0 Å². The average Bonchev–Trinajstić information content (AvgIpc) is 2.47. The third-order valence-electron chi connectivity index (χ3n) is 3.65. The maximum absolute atomic E-state index is 12.8. The summed E-state index contributed by atoms with van der Waals surface area (Å²) in [6, 6.07) is 1.91. The molecule has 0 bridgehead atoms. The van der Waals surface area contributed by atoms with Gasteiger partial charge in [0.25, 0.3) is 0 Å². The van der Waals surface area contributed by atoms with E-state index in [9.17, 15) is 26.3 Å². The van der Waals surface area contributed by atoms with Crippen molar-refractivity contribution in [2.24, 2.45) is 0 Å². The highest BCUT2D eigenvalue weighted by Crippen LogP contribution is 2.36. The third-order valence-corrected chi connectivity index (χ3v) is 3.65. The molecule has 0 heterocycles. The minimum atomic E-state index is -4.80. The Kier molecular flexibility index (Phi) is 15.8. The van der Waals surface area contributed by atoms with Gasteiger partial charge in [-0.3, -0.25) is 0 Å². The number of quaternary nitrogens is 3. The Balaban J connectivity index is -0.00000192. The minimum Gasteiger partial charge on any atom is -1.00 e. The van der Waals surface area contributed by atoms with Crippen LogP contribution in [0.15, 0.2) is 18.2 Å². The summed E-state index contributed by atoms with van der Waals surface area (Å²) in [6.07, 6.45) is -7.61. The molecule has 0 spiro atoms. The van der Waals surface area contributed by atoms with Crippen molar-refractivity contribution < 1.29 is 80.3 Å². The largest absolute Gasteiger partial charge is 1.00 e. The minimum absolute atomic E-state index is 0. The Labute approximate surface area is 172 Å². The Morgan fingerprint density at radius 1 is 0.889 bits per heavy atom. The van der Waals surface area contributed by atoms with Crippen molar-refractivity contribution in [2.75, 3.05) is 19.6 Å². The van der Waals surface area contributed by atoms with Gasteiger partial charge in [0.15, 0.2) is 0 Å². The first-order valence-electron chi connectivity index (χ1n) is 7.76. The van der Waals surface area contributed by atoms with Crippen LogP contribution >= 0.6 is 0 Å². The van der Waals surface area contributed by atoms with Crippen LogP contribution in [0.5, 0.6) is 0 Å². The van der Waals surface area contributed by atoms with Gasteiger partial charge in [-0.1, -0.05) is 0 Å². The van der Waals surface area contributed by atoms with E-state index in [0.29, 0.717) is 13.1 Å². The van der Waals surface area contributed by atoms with E-state index in [4.69, 9.17) is 0 Å². The molecule has 0 saturated heterocycles. The van der Waals surface area contributed by atoms with Gasteiger partial charge >= 0.3 is 12.4 Å². The quantitative estimate of drug-likeness (QED) is 0.252. The Morgan fingerprint density at radius 3 is 1.78 bits per heavy atom. The number of alkyl halides is 6. The zero-order chi connectivity index (χ0) is 18.4. The van der Waals surface area contributed by atoms with Crippen LogP contribution in [0, 0.1) is 0 Å². The van der Waals surface area contributed by atoms with Gasteiger partial charge < -0.3 is 54.0 Å². The van der Waals surface area contributed by atoms with Crippen LogP contribution in [-0.2, 0) is 18.8 Å². The Bertz CT molecular complexity index is 494. The second-order valence-electron chi connectivity index (χ2n) is 5.84. The van der Waals surface area contributed by atoms with Gasteiger partial charge in [0, 0.05) is 19.3 Å². The molecule has 1 atom stereocenters. The molecule has 0 fully saturated rings. The number of hydrogen-bond acceptors (Lipinski definition) is 0. The first-order chi connectivity index (χ1) is 11.0. The molecule has 0 radical (unpaired) electrons. The summed E-state index contributed by atoms with van der Waals surface area (Å²) in [5, 5.41) is 1.87. The average molecular weight is 467 g/mol. The second kappa shape index (κ2) is 13.7. The predicted molar refractivity (Wildman–Crippen MR) is 75.5 cm³/mol. The normalized spacial score (nSPS) is 12.4. The number of hydrogen-bond donors (Lipinski definition) is 3. The summed E-state index contributed by atoms with van der Waals surface area (Å²) in [5.74, 6) is 0. The van der Waals surface area contributed by atoms with Crippen LogP contribution in [0.25, 0.3) is 0 Å². The predicted octanol–water partition coefficient (Wildman–Crippen LogP) is -8.53. The molecule has 1 unspecified atom stereocenters. The zero-order valence-corrected chi connectivity index (χ0v) is 16.7. The molecule has 0 aliphatic rings. The summed E-state index contributed by atoms with van der Waals surface area (Å²) in [6.45, 7) is 1.91. The van der Waals surface area contributed by atoms with Crippen LogP contribution in [0.2, 0.25) is 0 Å². The zero-order valence-electron chi connectivity index (χ0n) is 14.4. The lowest BCUT2D eigenvalue weighted by atomic mass is 10.0. The van der Waals surface area contributed by atoms with Crippen LogP contribution in [0.4, 0.5) is 26.3 Å². The molecule has 1 aromatic carbocycles. The molecule has 0 saturated carbocycles. The molecular weight excluding hydrogens is 443 g/mol. The number of halogens is 9. The molecule has 0 aliphatic heterocycles. The molecule has 1 rings (SSSR count). The molecule has 8 N–H and O–H groups in total. The van der Waals surface area contributed by atoms with Gasteiger partial charge in [0.1, 0.15) is 12.6 Å². The van der Waals surface area contributed by atoms with Crippen LogP contribution in [0.1, 0.15) is 29.5 Å². The Hall–Kier alpha value is -0.450. The second-order valence-corrected chi connectivity index (χ2v) is 5.84. The lowest BCUT2D eigenvalue weighted by molar-refractivity contribution is -0.680. The molecule has 3 nitrogen and oxygen atoms in total. The fraction of sp³-hybridized carbons (Fsp3) is 0.600. The molecule has 0 aromatic heterocycles. The fourth-order valence-corrected chi connectivity index (χ4v) is 2.34. The van der Waals surface area contributed by atoms with Crippen molar-refractivity contribution >= 4 is 0 Å². The maximum Gasteiger partial charge on any atom is 0.416 e. The highest BCUT2D eigenvalue weighted by Gasteiger charge is 2.36. The topological polar surface area (TPSA) is 71.9 Å². The van der Waals surface area contributed by atoms with E-state index < -0.39 is 23.5 Å². The lowest BCUT2D eigenvalue weighted by Crippen LogP contribution is -3.00. The van der Waals surface area contributed by atoms with Crippen molar-refractivity contribution in [1.29, 1.82) is 0 Å². The SMILES string of the molecule is [Cl-].[Cl-].[Cl-].[NH3+]CCCC([NH3+])C[NH2+]CCc1cc(C(F)(F)F)cc(C(F)(F)F)c1. The molecule has 12 heteroatoms. The fourth-order valence-electron chi connectivity index (χ4n) is 2.34. The standard InChI is InChI=1S/C15H21F6N3.3ClH/c16-14(17,18)11-6-10(7-12(8-11)15(19,20)21)3-5-24-9-13(23)2-1-4-22;;;/h6-8,13,24H,1-5,9,22-23H2;3*1H. The van der Waals surface area contributed by atoms with E-state index in [-0.39, 0.29) is 61.3 Å². The van der Waals surface area contributed by atoms with Crippen molar-refractivity contribution in [3.8, 4) is 0 Å². The number of nitrogens with two attached hydrogens (primary N) is 1. The van der Waals surface area contributed by atoms with Crippen molar-refractivity contribution in [2.45, 2.75) is 37.7 Å². The summed E-state index contributed by atoms with van der Waals surface area (Å²) in [7, 11) is 0. The molecule has 27 heavy (non-hydrogen) atoms. The van der Waals surface area contributed by atoms with E-state index in [1.165, 1.54) is 0 Å². The first-order valence-corrected chi connectivity index (χ1v) is 7.76. The molecule has 0 aliphatic carbocycles. The van der Waals surface area contributed by atoms with Crippen molar-refractivity contribution in [3.05, 3.63) is 34.9 Å². The Morgan fingerprint density at radius 2 is 1.37 bits per heavy atom. The highest BCUT2D eigenvalue weighted by atomic mass is 35.5. The van der Waals surface area contributed by atoms with Gasteiger partial charge in [0.05, 0.1) is 24.2 Å². The van der Waals surface area contributed by atoms with E-state index in [2.05, 4.69) is 11.5 Å². The van der Waals surface area contributed by atoms with E-state index >= 15 is 0 Å². The number of benzene rings is 1.